The molecule has 2 heterocycles. The van der Waals surface area contributed by atoms with Crippen molar-refractivity contribution in [1.82, 2.24) is 14.9 Å². The molecule has 1 aliphatic rings. The molecule has 0 spiro atoms. The molecule has 1 amide bonds. The number of hydrogen-bond donors (Lipinski definition) is 1. The highest BCUT2D eigenvalue weighted by Crippen LogP contribution is 2.30. The predicted molar refractivity (Wildman–Crippen MR) is 73.7 cm³/mol. The van der Waals surface area contributed by atoms with Crippen molar-refractivity contribution in [2.75, 3.05) is 6.54 Å². The van der Waals surface area contributed by atoms with E-state index in [-0.39, 0.29) is 6.04 Å². The molecular formula is C14H22N4O. The topological polar surface area (TPSA) is 72.1 Å². The van der Waals surface area contributed by atoms with Gasteiger partial charge in [-0.3, -0.25) is 9.69 Å². The molecule has 2 N–H and O–H groups in total. The van der Waals surface area contributed by atoms with E-state index in [1.807, 2.05) is 6.92 Å². The fourth-order valence-corrected chi connectivity index (χ4v) is 2.74. The van der Waals surface area contributed by atoms with E-state index in [0.717, 1.165) is 18.8 Å². The molecule has 1 fully saturated rings. The second-order valence-corrected chi connectivity index (χ2v) is 5.43. The van der Waals surface area contributed by atoms with Crippen molar-refractivity contribution >= 4 is 5.91 Å². The van der Waals surface area contributed by atoms with Crippen molar-refractivity contribution in [3.8, 4) is 0 Å². The summed E-state index contributed by atoms with van der Waals surface area (Å²) in [4.78, 5) is 22.5. The zero-order valence-corrected chi connectivity index (χ0v) is 11.9. The lowest BCUT2D eigenvalue weighted by atomic mass is 9.99. The van der Waals surface area contributed by atoms with Crippen LogP contribution in [0.1, 0.15) is 61.0 Å². The zero-order valence-electron chi connectivity index (χ0n) is 11.9. The standard InChI is InChI=1S/C14H22N4O/c1-9(2)18-7-5-4-6-12(18)14-16-8-11(13(15)19)10(3)17-14/h8-9,12H,4-7H2,1-3H3,(H2,15,19). The van der Waals surface area contributed by atoms with Crippen molar-refractivity contribution in [2.45, 2.75) is 52.1 Å². The number of aromatic nitrogens is 2. The minimum Gasteiger partial charge on any atom is -0.365 e. The molecule has 1 unspecified atom stereocenters. The maximum Gasteiger partial charge on any atom is 0.252 e. The lowest BCUT2D eigenvalue weighted by Crippen LogP contribution is -2.39. The van der Waals surface area contributed by atoms with Gasteiger partial charge in [0, 0.05) is 12.2 Å². The highest BCUT2D eigenvalue weighted by atomic mass is 16.1. The number of hydrogen-bond acceptors (Lipinski definition) is 4. The van der Waals surface area contributed by atoms with Gasteiger partial charge in [0.15, 0.2) is 0 Å². The molecule has 1 aromatic rings. The average Bonchev–Trinajstić information content (AvgIpc) is 2.38. The Hall–Kier alpha value is -1.49. The Morgan fingerprint density at radius 1 is 1.47 bits per heavy atom. The molecule has 19 heavy (non-hydrogen) atoms. The summed E-state index contributed by atoms with van der Waals surface area (Å²) in [7, 11) is 0. The maximum atomic E-state index is 11.2. The largest absolute Gasteiger partial charge is 0.365 e. The summed E-state index contributed by atoms with van der Waals surface area (Å²) in [6.07, 6.45) is 5.07. The third-order valence-electron chi connectivity index (χ3n) is 3.77. The van der Waals surface area contributed by atoms with Crippen molar-refractivity contribution in [3.63, 3.8) is 0 Å². The van der Waals surface area contributed by atoms with Crippen LogP contribution in [0.25, 0.3) is 0 Å². The van der Waals surface area contributed by atoms with Crippen molar-refractivity contribution in [3.05, 3.63) is 23.3 Å². The Morgan fingerprint density at radius 3 is 2.79 bits per heavy atom. The average molecular weight is 262 g/mol. The molecule has 5 nitrogen and oxygen atoms in total. The van der Waals surface area contributed by atoms with Gasteiger partial charge in [0.25, 0.3) is 5.91 Å². The molecule has 5 heteroatoms. The lowest BCUT2D eigenvalue weighted by molar-refractivity contribution is 0.0994. The van der Waals surface area contributed by atoms with E-state index in [1.165, 1.54) is 12.8 Å². The van der Waals surface area contributed by atoms with Gasteiger partial charge in [0.1, 0.15) is 5.82 Å². The second-order valence-electron chi connectivity index (χ2n) is 5.43. The summed E-state index contributed by atoms with van der Waals surface area (Å²) in [5, 5.41) is 0. The molecule has 0 radical (unpaired) electrons. The molecule has 0 aliphatic carbocycles. The van der Waals surface area contributed by atoms with Gasteiger partial charge in [0.2, 0.25) is 0 Å². The Bertz CT molecular complexity index is 473. The van der Waals surface area contributed by atoms with Crippen molar-refractivity contribution < 1.29 is 4.79 Å². The number of nitrogens with two attached hydrogens (primary N) is 1. The number of carbonyl (C=O) groups is 1. The quantitative estimate of drug-likeness (QED) is 0.902. The van der Waals surface area contributed by atoms with Gasteiger partial charge in [-0.2, -0.15) is 0 Å². The third-order valence-corrected chi connectivity index (χ3v) is 3.77. The molecule has 0 saturated carbocycles. The van der Waals surface area contributed by atoms with E-state index in [2.05, 4.69) is 28.7 Å². The Morgan fingerprint density at radius 2 is 2.21 bits per heavy atom. The number of amides is 1. The second kappa shape index (κ2) is 5.65. The summed E-state index contributed by atoms with van der Waals surface area (Å²) < 4.78 is 0. The fourth-order valence-electron chi connectivity index (χ4n) is 2.74. The van der Waals surface area contributed by atoms with Gasteiger partial charge in [0.05, 0.1) is 17.3 Å². The van der Waals surface area contributed by atoms with Crippen LogP contribution in [0.5, 0.6) is 0 Å². The normalized spacial score (nSPS) is 20.7. The SMILES string of the molecule is Cc1nc(C2CCCCN2C(C)C)ncc1C(N)=O. The first-order chi connectivity index (χ1) is 9.00. The van der Waals surface area contributed by atoms with Crippen LogP contribution in [-0.2, 0) is 0 Å². The van der Waals surface area contributed by atoms with Gasteiger partial charge in [-0.25, -0.2) is 9.97 Å². The van der Waals surface area contributed by atoms with Crippen LogP contribution >= 0.6 is 0 Å². The van der Waals surface area contributed by atoms with E-state index in [9.17, 15) is 4.79 Å². The first-order valence-electron chi connectivity index (χ1n) is 6.89. The van der Waals surface area contributed by atoms with Crippen LogP contribution in [-0.4, -0.2) is 33.4 Å². The molecule has 1 atom stereocenters. The summed E-state index contributed by atoms with van der Waals surface area (Å²) in [5.74, 6) is 0.351. The number of rotatable bonds is 3. The highest BCUT2D eigenvalue weighted by molar-refractivity contribution is 5.93. The first-order valence-corrected chi connectivity index (χ1v) is 6.89. The van der Waals surface area contributed by atoms with Gasteiger partial charge in [-0.05, 0) is 40.2 Å². The Labute approximate surface area is 114 Å². The van der Waals surface area contributed by atoms with Crippen LogP contribution in [0.3, 0.4) is 0 Å². The van der Waals surface area contributed by atoms with E-state index in [4.69, 9.17) is 5.73 Å². The van der Waals surface area contributed by atoms with Gasteiger partial charge < -0.3 is 5.73 Å². The molecule has 2 rings (SSSR count). The molecule has 0 bridgehead atoms. The fraction of sp³-hybridized carbons (Fsp3) is 0.643. The Kier molecular flexibility index (Phi) is 4.14. The molecule has 1 saturated heterocycles. The van der Waals surface area contributed by atoms with Crippen LogP contribution in [0.2, 0.25) is 0 Å². The van der Waals surface area contributed by atoms with E-state index in [1.54, 1.807) is 6.20 Å². The minimum atomic E-state index is -0.464. The number of likely N-dealkylation sites (tertiary alicyclic amines) is 1. The number of piperidine rings is 1. The van der Waals surface area contributed by atoms with Crippen molar-refractivity contribution in [1.29, 1.82) is 0 Å². The van der Waals surface area contributed by atoms with Gasteiger partial charge in [-0.15, -0.1) is 0 Å². The van der Waals surface area contributed by atoms with Crippen LogP contribution < -0.4 is 5.73 Å². The van der Waals surface area contributed by atoms with Crippen LogP contribution in [0.4, 0.5) is 0 Å². The van der Waals surface area contributed by atoms with Crippen LogP contribution in [0, 0.1) is 6.92 Å². The number of carbonyl (C=O) groups excluding carboxylic acids is 1. The molecule has 0 aromatic carbocycles. The molecular weight excluding hydrogens is 240 g/mol. The number of nitrogens with zero attached hydrogens (tertiary/aromatic N) is 3. The Balaban J connectivity index is 2.29. The monoisotopic (exact) mass is 262 g/mol. The smallest absolute Gasteiger partial charge is 0.252 e. The maximum absolute atomic E-state index is 11.2. The van der Waals surface area contributed by atoms with E-state index >= 15 is 0 Å². The number of aryl methyl sites for hydroxylation is 1. The number of primary amides is 1. The predicted octanol–water partition coefficient (Wildman–Crippen LogP) is 1.82. The summed E-state index contributed by atoms with van der Waals surface area (Å²) in [6, 6.07) is 0.736. The summed E-state index contributed by atoms with van der Waals surface area (Å²) in [6.45, 7) is 7.29. The molecule has 1 aliphatic heterocycles. The van der Waals surface area contributed by atoms with E-state index < -0.39 is 5.91 Å². The van der Waals surface area contributed by atoms with E-state index in [0.29, 0.717) is 17.3 Å². The molecule has 1 aromatic heterocycles. The molecule has 104 valence electrons. The van der Waals surface area contributed by atoms with Gasteiger partial charge in [-0.1, -0.05) is 6.42 Å². The zero-order chi connectivity index (χ0) is 14.0. The summed E-state index contributed by atoms with van der Waals surface area (Å²) >= 11 is 0. The third kappa shape index (κ3) is 2.92. The summed E-state index contributed by atoms with van der Waals surface area (Å²) in [5.41, 5.74) is 6.37. The highest BCUT2D eigenvalue weighted by Gasteiger charge is 2.28. The van der Waals surface area contributed by atoms with Crippen molar-refractivity contribution in [2.24, 2.45) is 5.73 Å². The first kappa shape index (κ1) is 13.9. The van der Waals surface area contributed by atoms with Crippen LogP contribution in [0.15, 0.2) is 6.20 Å². The minimum absolute atomic E-state index is 0.259. The van der Waals surface area contributed by atoms with Gasteiger partial charge >= 0.3 is 0 Å². The lowest BCUT2D eigenvalue weighted by Gasteiger charge is -2.37.